The van der Waals surface area contributed by atoms with Gasteiger partial charge in [-0.15, -0.1) is 0 Å². The van der Waals surface area contributed by atoms with Crippen LogP contribution >= 0.6 is 0 Å². The van der Waals surface area contributed by atoms with Crippen LogP contribution < -0.4 is 10.6 Å². The van der Waals surface area contributed by atoms with Crippen LogP contribution in [0, 0.1) is 5.92 Å². The first-order chi connectivity index (χ1) is 15.3. The molecule has 2 aromatic carbocycles. The number of fused-ring (bicyclic) bond motifs is 3. The highest BCUT2D eigenvalue weighted by molar-refractivity contribution is 5.89. The molecule has 3 rings (SSSR count). The second kappa shape index (κ2) is 10.3. The number of benzene rings is 2. The van der Waals surface area contributed by atoms with Crippen LogP contribution in [-0.2, 0) is 19.1 Å². The van der Waals surface area contributed by atoms with E-state index in [-0.39, 0.29) is 25.0 Å². The lowest BCUT2D eigenvalue weighted by Crippen LogP contribution is -2.54. The summed E-state index contributed by atoms with van der Waals surface area (Å²) >= 11 is 0. The van der Waals surface area contributed by atoms with Crippen LogP contribution in [0.25, 0.3) is 11.1 Å². The molecule has 0 unspecified atom stereocenters. The fraction of sp³-hybridized carbons (Fsp3) is 0.375. The molecule has 8 heteroatoms. The number of aliphatic carboxylic acids is 1. The molecule has 0 bridgehead atoms. The molecule has 0 heterocycles. The highest BCUT2D eigenvalue weighted by atomic mass is 16.5. The van der Waals surface area contributed by atoms with Gasteiger partial charge in [-0.25, -0.2) is 9.59 Å². The third-order valence-corrected chi connectivity index (χ3v) is 5.52. The van der Waals surface area contributed by atoms with Crippen molar-refractivity contribution in [3.63, 3.8) is 0 Å². The quantitative estimate of drug-likeness (QED) is 0.553. The molecule has 0 saturated carbocycles. The number of ether oxygens (including phenoxy) is 2. The highest BCUT2D eigenvalue weighted by Gasteiger charge is 2.31. The van der Waals surface area contributed by atoms with Gasteiger partial charge in [0.2, 0.25) is 5.91 Å². The SMILES string of the molecule is COC[C@H](NC(=O)OCC1c2ccccc2-c2ccccc21)C(=O)N[C@@H](C(=O)O)C(C)C. The minimum absolute atomic E-state index is 0.102. The van der Waals surface area contributed by atoms with E-state index >= 15 is 0 Å². The number of carbonyl (C=O) groups is 3. The predicted octanol–water partition coefficient (Wildman–Crippen LogP) is 2.77. The maximum atomic E-state index is 12.6. The smallest absolute Gasteiger partial charge is 0.407 e. The first-order valence-corrected chi connectivity index (χ1v) is 10.5. The summed E-state index contributed by atoms with van der Waals surface area (Å²) in [7, 11) is 1.39. The van der Waals surface area contributed by atoms with Gasteiger partial charge in [-0.1, -0.05) is 62.4 Å². The van der Waals surface area contributed by atoms with E-state index in [1.165, 1.54) is 7.11 Å². The molecule has 0 saturated heterocycles. The van der Waals surface area contributed by atoms with Crippen molar-refractivity contribution in [2.24, 2.45) is 5.92 Å². The molecule has 32 heavy (non-hydrogen) atoms. The van der Waals surface area contributed by atoms with Crippen molar-refractivity contribution in [2.75, 3.05) is 20.3 Å². The van der Waals surface area contributed by atoms with E-state index in [0.29, 0.717) is 0 Å². The fourth-order valence-electron chi connectivity index (χ4n) is 3.90. The second-order valence-corrected chi connectivity index (χ2v) is 8.05. The Kier molecular flexibility index (Phi) is 7.48. The first-order valence-electron chi connectivity index (χ1n) is 10.5. The minimum Gasteiger partial charge on any atom is -0.480 e. The van der Waals surface area contributed by atoms with Crippen LogP contribution in [0.5, 0.6) is 0 Å². The van der Waals surface area contributed by atoms with E-state index in [9.17, 15) is 19.5 Å². The van der Waals surface area contributed by atoms with Crippen LogP contribution in [0.1, 0.15) is 30.9 Å². The van der Waals surface area contributed by atoms with Gasteiger partial charge in [0.1, 0.15) is 18.7 Å². The van der Waals surface area contributed by atoms with E-state index in [4.69, 9.17) is 9.47 Å². The van der Waals surface area contributed by atoms with Crippen molar-refractivity contribution in [3.05, 3.63) is 59.7 Å². The molecule has 3 N–H and O–H groups in total. The number of hydrogen-bond donors (Lipinski definition) is 3. The summed E-state index contributed by atoms with van der Waals surface area (Å²) < 4.78 is 10.5. The van der Waals surface area contributed by atoms with Crippen LogP contribution in [-0.4, -0.2) is 55.5 Å². The third-order valence-electron chi connectivity index (χ3n) is 5.52. The maximum Gasteiger partial charge on any atom is 0.407 e. The summed E-state index contributed by atoms with van der Waals surface area (Å²) in [5.41, 5.74) is 4.38. The van der Waals surface area contributed by atoms with E-state index in [1.54, 1.807) is 13.8 Å². The lowest BCUT2D eigenvalue weighted by molar-refractivity contribution is -0.143. The molecule has 0 aliphatic heterocycles. The zero-order valence-electron chi connectivity index (χ0n) is 18.3. The minimum atomic E-state index is -1.15. The number of methoxy groups -OCH3 is 1. The normalized spacial score (nSPS) is 14.2. The fourth-order valence-corrected chi connectivity index (χ4v) is 3.90. The summed E-state index contributed by atoms with van der Waals surface area (Å²) in [5, 5.41) is 14.2. The summed E-state index contributed by atoms with van der Waals surface area (Å²) in [6.45, 7) is 3.35. The standard InChI is InChI=1S/C24H28N2O6/c1-14(2)21(23(28)29)26-22(27)20(13-31-3)25-24(30)32-12-19-17-10-6-4-8-15(17)16-9-5-7-11-18(16)19/h4-11,14,19-21H,12-13H2,1-3H3,(H,25,30)(H,26,27)(H,28,29)/t20-,21+/m0/s1. The zero-order valence-corrected chi connectivity index (χ0v) is 18.3. The lowest BCUT2D eigenvalue weighted by atomic mass is 9.98. The van der Waals surface area contributed by atoms with Crippen LogP contribution in [0.3, 0.4) is 0 Å². The molecule has 170 valence electrons. The van der Waals surface area contributed by atoms with Crippen molar-refractivity contribution < 1.29 is 29.0 Å². The molecule has 2 atom stereocenters. The largest absolute Gasteiger partial charge is 0.480 e. The topological polar surface area (TPSA) is 114 Å². The van der Waals surface area contributed by atoms with Crippen molar-refractivity contribution in [3.8, 4) is 11.1 Å². The number of rotatable bonds is 9. The van der Waals surface area contributed by atoms with E-state index < -0.39 is 30.1 Å². The molecule has 0 spiro atoms. The molecular weight excluding hydrogens is 412 g/mol. The van der Waals surface area contributed by atoms with Gasteiger partial charge in [0.15, 0.2) is 0 Å². The molecule has 2 amide bonds. The Bertz CT molecular complexity index is 944. The van der Waals surface area contributed by atoms with Crippen LogP contribution in [0.2, 0.25) is 0 Å². The van der Waals surface area contributed by atoms with Gasteiger partial charge in [-0.05, 0) is 28.2 Å². The van der Waals surface area contributed by atoms with Gasteiger partial charge in [0.25, 0.3) is 0 Å². The number of hydrogen-bond acceptors (Lipinski definition) is 5. The Labute approximate surface area is 186 Å². The summed E-state index contributed by atoms with van der Waals surface area (Å²) in [6, 6.07) is 13.8. The average Bonchev–Trinajstić information content (AvgIpc) is 3.09. The Morgan fingerprint density at radius 3 is 2.03 bits per heavy atom. The summed E-state index contributed by atoms with van der Waals surface area (Å²) in [6.07, 6.45) is -0.777. The van der Waals surface area contributed by atoms with E-state index in [1.807, 2.05) is 48.5 Å². The van der Waals surface area contributed by atoms with Gasteiger partial charge < -0.3 is 25.2 Å². The summed E-state index contributed by atoms with van der Waals surface area (Å²) in [5.74, 6) is -2.23. The van der Waals surface area contributed by atoms with Gasteiger partial charge in [-0.3, -0.25) is 4.79 Å². The molecular formula is C24H28N2O6. The lowest BCUT2D eigenvalue weighted by Gasteiger charge is -2.23. The molecule has 2 aromatic rings. The first kappa shape index (κ1) is 23.3. The third kappa shape index (κ3) is 5.08. The molecule has 8 nitrogen and oxygen atoms in total. The van der Waals surface area contributed by atoms with Gasteiger partial charge in [-0.2, -0.15) is 0 Å². The van der Waals surface area contributed by atoms with Crippen LogP contribution in [0.4, 0.5) is 4.79 Å². The second-order valence-electron chi connectivity index (χ2n) is 8.05. The number of carbonyl (C=O) groups excluding carboxylic acids is 2. The zero-order chi connectivity index (χ0) is 23.3. The number of carboxylic acid groups (broad SMARTS) is 1. The maximum absolute atomic E-state index is 12.6. The Hall–Kier alpha value is -3.39. The van der Waals surface area contributed by atoms with Crippen molar-refractivity contribution in [2.45, 2.75) is 31.8 Å². The van der Waals surface area contributed by atoms with Gasteiger partial charge in [0, 0.05) is 13.0 Å². The Morgan fingerprint density at radius 1 is 0.969 bits per heavy atom. The monoisotopic (exact) mass is 440 g/mol. The predicted molar refractivity (Wildman–Crippen MR) is 118 cm³/mol. The molecule has 1 aliphatic rings. The summed E-state index contributed by atoms with van der Waals surface area (Å²) in [4.78, 5) is 36.4. The highest BCUT2D eigenvalue weighted by Crippen LogP contribution is 2.44. The number of amides is 2. The van der Waals surface area contributed by atoms with Gasteiger partial charge in [0.05, 0.1) is 6.61 Å². The molecule has 0 aromatic heterocycles. The Balaban J connectivity index is 1.65. The van der Waals surface area contributed by atoms with Crippen molar-refractivity contribution in [1.29, 1.82) is 0 Å². The van der Waals surface area contributed by atoms with Crippen molar-refractivity contribution in [1.82, 2.24) is 10.6 Å². The molecule has 0 fully saturated rings. The Morgan fingerprint density at radius 2 is 1.53 bits per heavy atom. The number of carboxylic acids is 1. The molecule has 1 aliphatic carbocycles. The number of nitrogens with one attached hydrogen (secondary N) is 2. The van der Waals surface area contributed by atoms with Crippen LogP contribution in [0.15, 0.2) is 48.5 Å². The van der Waals surface area contributed by atoms with Gasteiger partial charge >= 0.3 is 12.1 Å². The van der Waals surface area contributed by atoms with Crippen molar-refractivity contribution >= 4 is 18.0 Å². The average molecular weight is 440 g/mol. The van der Waals surface area contributed by atoms with E-state index in [0.717, 1.165) is 22.3 Å². The van der Waals surface area contributed by atoms with E-state index in [2.05, 4.69) is 10.6 Å². The number of alkyl carbamates (subject to hydrolysis) is 1. The molecule has 0 radical (unpaired) electrons.